The van der Waals surface area contributed by atoms with Crippen LogP contribution in [0.3, 0.4) is 0 Å². The second-order valence-electron chi connectivity index (χ2n) is 7.42. The fourth-order valence-electron chi connectivity index (χ4n) is 3.71. The van der Waals surface area contributed by atoms with Crippen LogP contribution in [0.25, 0.3) is 0 Å². The molecule has 3 rings (SSSR count). The van der Waals surface area contributed by atoms with E-state index in [1.807, 2.05) is 54.6 Å². The molecule has 0 saturated heterocycles. The highest BCUT2D eigenvalue weighted by Crippen LogP contribution is 2.27. The molecule has 1 fully saturated rings. The summed E-state index contributed by atoms with van der Waals surface area (Å²) in [6.07, 6.45) is 4.57. The Kier molecular flexibility index (Phi) is 7.02. The number of hydrogen-bond donors (Lipinski definition) is 1. The predicted octanol–water partition coefficient (Wildman–Crippen LogP) is 5.11. The number of carbonyl (C=O) groups excluding carboxylic acids is 1. The highest BCUT2D eigenvalue weighted by Gasteiger charge is 2.21. The van der Waals surface area contributed by atoms with Gasteiger partial charge in [0.25, 0.3) is 5.91 Å². The van der Waals surface area contributed by atoms with E-state index in [0.717, 1.165) is 35.6 Å². The largest absolute Gasteiger partial charge is 0.374 e. The van der Waals surface area contributed by atoms with E-state index < -0.39 is 6.10 Å². The van der Waals surface area contributed by atoms with E-state index in [-0.39, 0.29) is 5.91 Å². The molecular weight excluding hydrogens is 338 g/mol. The predicted molar refractivity (Wildman–Crippen MR) is 107 cm³/mol. The lowest BCUT2D eigenvalue weighted by Gasteiger charge is -2.26. The molecule has 1 N–H and O–H groups in total. The molecule has 0 bridgehead atoms. The molecule has 2 aromatic rings. The first-order valence-corrected chi connectivity index (χ1v) is 9.75. The van der Waals surface area contributed by atoms with Crippen LogP contribution in [0.4, 0.5) is 5.69 Å². The van der Waals surface area contributed by atoms with E-state index >= 15 is 0 Å². The van der Waals surface area contributed by atoms with Crippen LogP contribution >= 0.6 is 0 Å². The summed E-state index contributed by atoms with van der Waals surface area (Å²) in [7, 11) is 1.55. The van der Waals surface area contributed by atoms with Crippen LogP contribution in [-0.4, -0.2) is 19.1 Å². The fraction of sp³-hybridized carbons (Fsp3) is 0.435. The summed E-state index contributed by atoms with van der Waals surface area (Å²) in [5, 5.41) is 2.96. The Bertz CT molecular complexity index is 731. The van der Waals surface area contributed by atoms with Crippen molar-refractivity contribution in [2.45, 2.75) is 51.4 Å². The SMILES string of the molecule is COC(C(=O)Nc1cccc(COC2CCCC(C)C2)c1)c1ccccc1. The maximum Gasteiger partial charge on any atom is 0.258 e. The van der Waals surface area contributed by atoms with Crippen LogP contribution in [0.2, 0.25) is 0 Å². The molecule has 1 aliphatic rings. The van der Waals surface area contributed by atoms with Crippen LogP contribution in [0.15, 0.2) is 54.6 Å². The average molecular weight is 367 g/mol. The van der Waals surface area contributed by atoms with Crippen molar-refractivity contribution >= 4 is 11.6 Å². The van der Waals surface area contributed by atoms with Crippen molar-refractivity contribution in [3.05, 3.63) is 65.7 Å². The normalized spacial score (nSPS) is 20.8. The van der Waals surface area contributed by atoms with Gasteiger partial charge in [-0.3, -0.25) is 4.79 Å². The quantitative estimate of drug-likeness (QED) is 0.740. The molecular formula is C23H29NO3. The molecule has 0 aliphatic heterocycles. The second kappa shape index (κ2) is 9.67. The van der Waals surface area contributed by atoms with Crippen molar-refractivity contribution in [2.75, 3.05) is 12.4 Å². The first kappa shape index (κ1) is 19.6. The molecule has 4 heteroatoms. The van der Waals surface area contributed by atoms with Gasteiger partial charge in [-0.05, 0) is 42.0 Å². The minimum Gasteiger partial charge on any atom is -0.374 e. The molecule has 3 atom stereocenters. The van der Waals surface area contributed by atoms with Crippen LogP contribution in [0, 0.1) is 5.92 Å². The maximum absolute atomic E-state index is 12.6. The smallest absolute Gasteiger partial charge is 0.258 e. The van der Waals surface area contributed by atoms with Gasteiger partial charge in [0, 0.05) is 12.8 Å². The number of methoxy groups -OCH3 is 1. The Morgan fingerprint density at radius 3 is 2.70 bits per heavy atom. The molecule has 0 aromatic heterocycles. The average Bonchev–Trinajstić information content (AvgIpc) is 2.68. The lowest BCUT2D eigenvalue weighted by molar-refractivity contribution is -0.126. The van der Waals surface area contributed by atoms with Crippen molar-refractivity contribution in [1.82, 2.24) is 0 Å². The Labute approximate surface area is 161 Å². The molecule has 3 unspecified atom stereocenters. The summed E-state index contributed by atoms with van der Waals surface area (Å²) in [6, 6.07) is 17.4. The first-order valence-electron chi connectivity index (χ1n) is 9.75. The number of ether oxygens (including phenoxy) is 2. The third-order valence-electron chi connectivity index (χ3n) is 5.14. The molecule has 1 aliphatic carbocycles. The number of rotatable bonds is 7. The molecule has 2 aromatic carbocycles. The van der Waals surface area contributed by atoms with E-state index in [1.54, 1.807) is 7.11 Å². The van der Waals surface area contributed by atoms with E-state index in [2.05, 4.69) is 12.2 Å². The van der Waals surface area contributed by atoms with Gasteiger partial charge in [-0.15, -0.1) is 0 Å². The zero-order valence-electron chi connectivity index (χ0n) is 16.2. The molecule has 4 nitrogen and oxygen atoms in total. The molecule has 0 spiro atoms. The molecule has 0 heterocycles. The summed E-state index contributed by atoms with van der Waals surface area (Å²) in [6.45, 7) is 2.87. The van der Waals surface area contributed by atoms with Gasteiger partial charge in [-0.25, -0.2) is 0 Å². The van der Waals surface area contributed by atoms with Gasteiger partial charge in [-0.2, -0.15) is 0 Å². The zero-order valence-corrected chi connectivity index (χ0v) is 16.2. The number of nitrogens with one attached hydrogen (secondary N) is 1. The lowest BCUT2D eigenvalue weighted by atomic mass is 9.89. The summed E-state index contributed by atoms with van der Waals surface area (Å²) < 4.78 is 11.5. The minimum atomic E-state index is -0.630. The summed E-state index contributed by atoms with van der Waals surface area (Å²) in [5.41, 5.74) is 2.67. The van der Waals surface area contributed by atoms with Gasteiger partial charge in [0.05, 0.1) is 12.7 Å². The molecule has 1 amide bonds. The Hall–Kier alpha value is -2.17. The maximum atomic E-state index is 12.6. The number of hydrogen-bond acceptors (Lipinski definition) is 3. The molecule has 0 radical (unpaired) electrons. The third-order valence-corrected chi connectivity index (χ3v) is 5.14. The van der Waals surface area contributed by atoms with Gasteiger partial charge in [0.15, 0.2) is 6.10 Å². The summed E-state index contributed by atoms with van der Waals surface area (Å²) in [5.74, 6) is 0.571. The number of benzene rings is 2. The van der Waals surface area contributed by atoms with E-state index in [0.29, 0.717) is 12.7 Å². The van der Waals surface area contributed by atoms with Crippen molar-refractivity contribution in [3.63, 3.8) is 0 Å². The van der Waals surface area contributed by atoms with Crippen molar-refractivity contribution in [1.29, 1.82) is 0 Å². The van der Waals surface area contributed by atoms with Crippen LogP contribution < -0.4 is 5.32 Å². The molecule has 27 heavy (non-hydrogen) atoms. The zero-order chi connectivity index (χ0) is 19.1. The van der Waals surface area contributed by atoms with Gasteiger partial charge in [0.2, 0.25) is 0 Å². The highest BCUT2D eigenvalue weighted by molar-refractivity contribution is 5.94. The minimum absolute atomic E-state index is 0.178. The van der Waals surface area contributed by atoms with Crippen LogP contribution in [0.5, 0.6) is 0 Å². The van der Waals surface area contributed by atoms with Crippen LogP contribution in [-0.2, 0) is 20.9 Å². The van der Waals surface area contributed by atoms with E-state index in [4.69, 9.17) is 9.47 Å². The van der Waals surface area contributed by atoms with Crippen LogP contribution in [0.1, 0.15) is 49.8 Å². The van der Waals surface area contributed by atoms with Crippen molar-refractivity contribution in [2.24, 2.45) is 5.92 Å². The van der Waals surface area contributed by atoms with Gasteiger partial charge < -0.3 is 14.8 Å². The third kappa shape index (κ3) is 5.65. The van der Waals surface area contributed by atoms with Gasteiger partial charge in [0.1, 0.15) is 0 Å². The van der Waals surface area contributed by atoms with Gasteiger partial charge >= 0.3 is 0 Å². The van der Waals surface area contributed by atoms with Crippen molar-refractivity contribution < 1.29 is 14.3 Å². The summed E-state index contributed by atoms with van der Waals surface area (Å²) in [4.78, 5) is 12.6. The molecule has 1 saturated carbocycles. The summed E-state index contributed by atoms with van der Waals surface area (Å²) >= 11 is 0. The Morgan fingerprint density at radius 1 is 1.15 bits per heavy atom. The Balaban J connectivity index is 1.59. The number of anilines is 1. The number of amides is 1. The fourth-order valence-corrected chi connectivity index (χ4v) is 3.71. The van der Waals surface area contributed by atoms with Gasteiger partial charge in [-0.1, -0.05) is 62.2 Å². The second-order valence-corrected chi connectivity index (χ2v) is 7.42. The monoisotopic (exact) mass is 367 g/mol. The lowest BCUT2D eigenvalue weighted by Crippen LogP contribution is -2.23. The topological polar surface area (TPSA) is 47.6 Å². The van der Waals surface area contributed by atoms with E-state index in [9.17, 15) is 4.79 Å². The highest BCUT2D eigenvalue weighted by atomic mass is 16.5. The van der Waals surface area contributed by atoms with Crippen molar-refractivity contribution in [3.8, 4) is 0 Å². The molecule has 144 valence electrons. The van der Waals surface area contributed by atoms with E-state index in [1.165, 1.54) is 12.8 Å². The first-order chi connectivity index (χ1) is 13.2. The standard InChI is InChI=1S/C23H29NO3/c1-17-8-6-13-21(14-17)27-16-18-9-7-12-20(15-18)24-23(25)22(26-2)19-10-4-3-5-11-19/h3-5,7,9-12,15,17,21-22H,6,8,13-14,16H2,1-2H3,(H,24,25). The Morgan fingerprint density at radius 2 is 1.96 bits per heavy atom. The number of carbonyl (C=O) groups is 1.